The molecule has 1 aromatic carbocycles. The zero-order valence-corrected chi connectivity index (χ0v) is 9.54. The quantitative estimate of drug-likeness (QED) is 0.786. The first-order chi connectivity index (χ1) is 7.58. The molecular weight excluding hydrogens is 204 g/mol. The summed E-state index contributed by atoms with van der Waals surface area (Å²) in [5.41, 5.74) is 2.23. The Hall–Kier alpha value is -1.84. The van der Waals surface area contributed by atoms with E-state index in [1.807, 2.05) is 31.2 Å². The van der Waals surface area contributed by atoms with Gasteiger partial charge in [0, 0.05) is 13.5 Å². The van der Waals surface area contributed by atoms with Gasteiger partial charge in [-0.2, -0.15) is 0 Å². The number of rotatable bonds is 4. The maximum Gasteiger partial charge on any atom is 0.239 e. The van der Waals surface area contributed by atoms with E-state index in [0.29, 0.717) is 6.54 Å². The standard InChI is InChI=1S/C12H16N2O2/c1-9-3-5-11(6-4-9)7-14-12(16)8-13-10(2)15/h3-6H,7-8H2,1-2H3,(H,13,15)(H,14,16). The minimum Gasteiger partial charge on any atom is -0.350 e. The van der Waals surface area contributed by atoms with Gasteiger partial charge in [0.15, 0.2) is 0 Å². The molecule has 1 rings (SSSR count). The number of nitrogens with one attached hydrogen (secondary N) is 2. The van der Waals surface area contributed by atoms with Crippen LogP contribution in [0.15, 0.2) is 24.3 Å². The fraction of sp³-hybridized carbons (Fsp3) is 0.333. The molecule has 4 heteroatoms. The Labute approximate surface area is 95.0 Å². The number of carbonyl (C=O) groups excluding carboxylic acids is 2. The van der Waals surface area contributed by atoms with Gasteiger partial charge in [0.1, 0.15) is 0 Å². The van der Waals surface area contributed by atoms with Gasteiger partial charge >= 0.3 is 0 Å². The summed E-state index contributed by atoms with van der Waals surface area (Å²) in [7, 11) is 0. The first-order valence-electron chi connectivity index (χ1n) is 5.14. The molecule has 0 radical (unpaired) electrons. The van der Waals surface area contributed by atoms with Crippen LogP contribution in [0.2, 0.25) is 0 Å². The Balaban J connectivity index is 2.31. The molecule has 0 heterocycles. The Morgan fingerprint density at radius 2 is 1.75 bits per heavy atom. The fourth-order valence-electron chi connectivity index (χ4n) is 1.17. The Bertz CT molecular complexity index is 371. The number of aryl methyl sites for hydroxylation is 1. The van der Waals surface area contributed by atoms with Gasteiger partial charge in [-0.05, 0) is 12.5 Å². The minimum atomic E-state index is -0.203. The molecule has 2 amide bonds. The number of hydrogen-bond donors (Lipinski definition) is 2. The Kier molecular flexibility index (Phi) is 4.51. The third-order valence-electron chi connectivity index (χ3n) is 2.11. The molecular formula is C12H16N2O2. The van der Waals surface area contributed by atoms with E-state index in [1.54, 1.807) is 0 Å². The van der Waals surface area contributed by atoms with E-state index in [4.69, 9.17) is 0 Å². The van der Waals surface area contributed by atoms with Crippen LogP contribution >= 0.6 is 0 Å². The molecule has 0 saturated carbocycles. The van der Waals surface area contributed by atoms with Crippen molar-refractivity contribution in [3.63, 3.8) is 0 Å². The summed E-state index contributed by atoms with van der Waals surface area (Å²) in [6, 6.07) is 7.92. The van der Waals surface area contributed by atoms with Crippen LogP contribution < -0.4 is 10.6 Å². The van der Waals surface area contributed by atoms with E-state index in [-0.39, 0.29) is 18.4 Å². The van der Waals surface area contributed by atoms with Crippen LogP contribution in [0, 0.1) is 6.92 Å². The summed E-state index contributed by atoms with van der Waals surface area (Å²) in [6.07, 6.45) is 0. The highest BCUT2D eigenvalue weighted by atomic mass is 16.2. The van der Waals surface area contributed by atoms with Crippen LogP contribution in [-0.2, 0) is 16.1 Å². The van der Waals surface area contributed by atoms with Gasteiger partial charge in [0.05, 0.1) is 6.54 Å². The van der Waals surface area contributed by atoms with Crippen LogP contribution in [0.3, 0.4) is 0 Å². The van der Waals surface area contributed by atoms with Crippen LogP contribution in [0.25, 0.3) is 0 Å². The Morgan fingerprint density at radius 1 is 1.12 bits per heavy atom. The molecule has 16 heavy (non-hydrogen) atoms. The second-order valence-corrected chi connectivity index (χ2v) is 3.67. The monoisotopic (exact) mass is 220 g/mol. The highest BCUT2D eigenvalue weighted by molar-refractivity contribution is 5.83. The molecule has 1 aromatic rings. The fourth-order valence-corrected chi connectivity index (χ4v) is 1.17. The van der Waals surface area contributed by atoms with Gasteiger partial charge in [-0.1, -0.05) is 29.8 Å². The Morgan fingerprint density at radius 3 is 2.31 bits per heavy atom. The summed E-state index contributed by atoms with van der Waals surface area (Å²) in [4.78, 5) is 21.8. The van der Waals surface area contributed by atoms with Crippen molar-refractivity contribution in [2.45, 2.75) is 20.4 Å². The largest absolute Gasteiger partial charge is 0.350 e. The van der Waals surface area contributed by atoms with Crippen molar-refractivity contribution in [2.75, 3.05) is 6.54 Å². The van der Waals surface area contributed by atoms with E-state index in [1.165, 1.54) is 12.5 Å². The molecule has 0 fully saturated rings. The summed E-state index contributed by atoms with van der Waals surface area (Å²) < 4.78 is 0. The third kappa shape index (κ3) is 4.59. The highest BCUT2D eigenvalue weighted by Crippen LogP contribution is 2.02. The van der Waals surface area contributed by atoms with Crippen molar-refractivity contribution < 1.29 is 9.59 Å². The topological polar surface area (TPSA) is 58.2 Å². The molecule has 0 aliphatic rings. The lowest BCUT2D eigenvalue weighted by Gasteiger charge is -2.05. The first kappa shape index (κ1) is 12.2. The van der Waals surface area contributed by atoms with Gasteiger partial charge in [0.25, 0.3) is 0 Å². The molecule has 0 bridgehead atoms. The van der Waals surface area contributed by atoms with Gasteiger partial charge in [0.2, 0.25) is 11.8 Å². The lowest BCUT2D eigenvalue weighted by molar-refractivity contribution is -0.125. The molecule has 0 saturated heterocycles. The molecule has 2 N–H and O–H groups in total. The molecule has 0 spiro atoms. The van der Waals surface area contributed by atoms with E-state index in [2.05, 4.69) is 10.6 Å². The highest BCUT2D eigenvalue weighted by Gasteiger charge is 2.01. The molecule has 0 aliphatic carbocycles. The maximum absolute atomic E-state index is 11.3. The molecule has 0 atom stereocenters. The second kappa shape index (κ2) is 5.90. The number of hydrogen-bond acceptors (Lipinski definition) is 2. The molecule has 0 unspecified atom stereocenters. The van der Waals surface area contributed by atoms with Crippen molar-refractivity contribution >= 4 is 11.8 Å². The average molecular weight is 220 g/mol. The summed E-state index contributed by atoms with van der Waals surface area (Å²) in [6.45, 7) is 3.91. The summed E-state index contributed by atoms with van der Waals surface area (Å²) in [5.74, 6) is -0.388. The van der Waals surface area contributed by atoms with Gasteiger partial charge in [-0.25, -0.2) is 0 Å². The van der Waals surface area contributed by atoms with Crippen molar-refractivity contribution in [3.05, 3.63) is 35.4 Å². The van der Waals surface area contributed by atoms with Crippen LogP contribution in [0.1, 0.15) is 18.1 Å². The zero-order valence-electron chi connectivity index (χ0n) is 9.54. The predicted octanol–water partition coefficient (Wildman–Crippen LogP) is 0.747. The lowest BCUT2D eigenvalue weighted by Crippen LogP contribution is -2.35. The van der Waals surface area contributed by atoms with Crippen molar-refractivity contribution in [2.24, 2.45) is 0 Å². The predicted molar refractivity (Wildman–Crippen MR) is 61.7 cm³/mol. The van der Waals surface area contributed by atoms with Crippen molar-refractivity contribution in [3.8, 4) is 0 Å². The SMILES string of the molecule is CC(=O)NCC(=O)NCc1ccc(C)cc1. The zero-order chi connectivity index (χ0) is 12.0. The molecule has 86 valence electrons. The van der Waals surface area contributed by atoms with Crippen LogP contribution in [0.5, 0.6) is 0 Å². The average Bonchev–Trinajstić information content (AvgIpc) is 2.25. The third-order valence-corrected chi connectivity index (χ3v) is 2.11. The van der Waals surface area contributed by atoms with Gasteiger partial charge in [-0.15, -0.1) is 0 Å². The smallest absolute Gasteiger partial charge is 0.239 e. The molecule has 0 aliphatic heterocycles. The minimum absolute atomic E-state index is 0.0290. The lowest BCUT2D eigenvalue weighted by atomic mass is 10.1. The van der Waals surface area contributed by atoms with Crippen LogP contribution in [0.4, 0.5) is 0 Å². The van der Waals surface area contributed by atoms with E-state index < -0.39 is 0 Å². The summed E-state index contributed by atoms with van der Waals surface area (Å²) >= 11 is 0. The first-order valence-corrected chi connectivity index (χ1v) is 5.14. The summed E-state index contributed by atoms with van der Waals surface area (Å²) in [5, 5.41) is 5.16. The second-order valence-electron chi connectivity index (χ2n) is 3.67. The maximum atomic E-state index is 11.3. The van der Waals surface area contributed by atoms with E-state index in [0.717, 1.165) is 5.56 Å². The van der Waals surface area contributed by atoms with Gasteiger partial charge in [-0.3, -0.25) is 9.59 Å². The molecule has 4 nitrogen and oxygen atoms in total. The molecule has 0 aromatic heterocycles. The van der Waals surface area contributed by atoms with Crippen molar-refractivity contribution in [1.82, 2.24) is 10.6 Å². The van der Waals surface area contributed by atoms with Crippen molar-refractivity contribution in [1.29, 1.82) is 0 Å². The van der Waals surface area contributed by atoms with Crippen LogP contribution in [-0.4, -0.2) is 18.4 Å². The van der Waals surface area contributed by atoms with Gasteiger partial charge < -0.3 is 10.6 Å². The number of amides is 2. The van der Waals surface area contributed by atoms with E-state index in [9.17, 15) is 9.59 Å². The number of benzene rings is 1. The van der Waals surface area contributed by atoms with E-state index >= 15 is 0 Å². The normalized spacial score (nSPS) is 9.62. The number of carbonyl (C=O) groups is 2.